The van der Waals surface area contributed by atoms with Crippen LogP contribution in [0.4, 0.5) is 0 Å². The molecule has 0 aromatic rings. The maximum absolute atomic E-state index is 10.4. The minimum absolute atomic E-state index is 0.286. The topological polar surface area (TPSA) is 49.8 Å². The number of carboxylic acid groups (broad SMARTS) is 1. The number of carboxylic acids is 1. The monoisotopic (exact) mass is 201 g/mol. The molecule has 0 amide bonds. The van der Waals surface area contributed by atoms with Gasteiger partial charge in [-0.15, -0.1) is 0 Å². The largest absolute Gasteiger partial charge is 0.481 e. The second kappa shape index (κ2) is 5.98. The van der Waals surface area contributed by atoms with Crippen molar-refractivity contribution in [1.82, 2.24) is 4.90 Å². The Morgan fingerprint density at radius 3 is 3.07 bits per heavy atom. The van der Waals surface area contributed by atoms with Crippen LogP contribution < -0.4 is 0 Å². The lowest BCUT2D eigenvalue weighted by Crippen LogP contribution is -2.32. The van der Waals surface area contributed by atoms with Gasteiger partial charge < -0.3 is 9.84 Å². The molecule has 1 fully saturated rings. The van der Waals surface area contributed by atoms with E-state index in [2.05, 4.69) is 4.90 Å². The molecule has 1 aliphatic heterocycles. The lowest BCUT2D eigenvalue weighted by Gasteiger charge is -2.23. The molecular weight excluding hydrogens is 182 g/mol. The Morgan fingerprint density at radius 2 is 2.43 bits per heavy atom. The standard InChI is InChI=1S/C10H19NO3/c1-14-8-7-11-6-2-3-9(11)4-5-10(12)13/h9H,2-8H2,1H3,(H,12,13). The van der Waals surface area contributed by atoms with Gasteiger partial charge in [0.2, 0.25) is 0 Å². The number of aliphatic carboxylic acids is 1. The van der Waals surface area contributed by atoms with Crippen molar-refractivity contribution >= 4 is 5.97 Å². The minimum Gasteiger partial charge on any atom is -0.481 e. The summed E-state index contributed by atoms with van der Waals surface area (Å²) < 4.78 is 5.02. The summed E-state index contributed by atoms with van der Waals surface area (Å²) in [6.45, 7) is 2.76. The average Bonchev–Trinajstić information content (AvgIpc) is 2.58. The number of nitrogens with zero attached hydrogens (tertiary/aromatic N) is 1. The third kappa shape index (κ3) is 3.64. The Kier molecular flexibility index (Phi) is 4.90. The van der Waals surface area contributed by atoms with Gasteiger partial charge >= 0.3 is 5.97 Å². The SMILES string of the molecule is COCCN1CCCC1CCC(=O)O. The van der Waals surface area contributed by atoms with Crippen LogP contribution in [0, 0.1) is 0 Å². The normalized spacial score (nSPS) is 22.8. The minimum atomic E-state index is -0.691. The molecule has 14 heavy (non-hydrogen) atoms. The van der Waals surface area contributed by atoms with Gasteiger partial charge in [-0.25, -0.2) is 0 Å². The van der Waals surface area contributed by atoms with Crippen molar-refractivity contribution < 1.29 is 14.6 Å². The Balaban J connectivity index is 2.24. The first-order valence-corrected chi connectivity index (χ1v) is 5.19. The van der Waals surface area contributed by atoms with E-state index < -0.39 is 5.97 Å². The van der Waals surface area contributed by atoms with Crippen molar-refractivity contribution in [3.63, 3.8) is 0 Å². The van der Waals surface area contributed by atoms with Gasteiger partial charge in [0.05, 0.1) is 6.61 Å². The van der Waals surface area contributed by atoms with Crippen molar-refractivity contribution in [2.45, 2.75) is 31.7 Å². The summed E-state index contributed by atoms with van der Waals surface area (Å²) in [5.41, 5.74) is 0. The number of hydrogen-bond acceptors (Lipinski definition) is 3. The highest BCUT2D eigenvalue weighted by Gasteiger charge is 2.24. The van der Waals surface area contributed by atoms with Crippen LogP contribution in [-0.2, 0) is 9.53 Å². The van der Waals surface area contributed by atoms with Gasteiger partial charge in [0.1, 0.15) is 0 Å². The molecule has 1 saturated heterocycles. The zero-order valence-electron chi connectivity index (χ0n) is 8.74. The first-order valence-electron chi connectivity index (χ1n) is 5.19. The highest BCUT2D eigenvalue weighted by molar-refractivity contribution is 5.66. The average molecular weight is 201 g/mol. The molecule has 0 radical (unpaired) electrons. The molecule has 1 atom stereocenters. The molecule has 0 spiro atoms. The smallest absolute Gasteiger partial charge is 0.303 e. The molecule has 0 bridgehead atoms. The van der Waals surface area contributed by atoms with E-state index in [1.54, 1.807) is 7.11 Å². The van der Waals surface area contributed by atoms with Gasteiger partial charge in [-0.3, -0.25) is 9.69 Å². The van der Waals surface area contributed by atoms with Crippen LogP contribution in [0.1, 0.15) is 25.7 Å². The lowest BCUT2D eigenvalue weighted by atomic mass is 10.1. The number of ether oxygens (including phenoxy) is 1. The van der Waals surface area contributed by atoms with E-state index in [1.165, 1.54) is 6.42 Å². The van der Waals surface area contributed by atoms with Gasteiger partial charge in [0, 0.05) is 26.1 Å². The van der Waals surface area contributed by atoms with Gasteiger partial charge in [-0.05, 0) is 25.8 Å². The Morgan fingerprint density at radius 1 is 1.64 bits per heavy atom. The second-order valence-corrected chi connectivity index (χ2v) is 3.76. The van der Waals surface area contributed by atoms with Gasteiger partial charge in [0.15, 0.2) is 0 Å². The van der Waals surface area contributed by atoms with Crippen molar-refractivity contribution in [2.75, 3.05) is 26.8 Å². The fourth-order valence-electron chi connectivity index (χ4n) is 2.02. The summed E-state index contributed by atoms with van der Waals surface area (Å²) in [5, 5.41) is 8.59. The van der Waals surface area contributed by atoms with E-state index in [0.717, 1.165) is 32.5 Å². The second-order valence-electron chi connectivity index (χ2n) is 3.76. The number of rotatable bonds is 6. The van der Waals surface area contributed by atoms with Crippen molar-refractivity contribution in [3.05, 3.63) is 0 Å². The van der Waals surface area contributed by atoms with E-state index >= 15 is 0 Å². The predicted octanol–water partition coefficient (Wildman–Crippen LogP) is 0.962. The maximum Gasteiger partial charge on any atom is 0.303 e. The molecule has 0 aromatic heterocycles. The molecule has 0 aromatic carbocycles. The van der Waals surface area contributed by atoms with Crippen molar-refractivity contribution in [2.24, 2.45) is 0 Å². The van der Waals surface area contributed by atoms with Gasteiger partial charge in [-0.1, -0.05) is 0 Å². The first kappa shape index (κ1) is 11.5. The molecule has 1 rings (SSSR count). The van der Waals surface area contributed by atoms with Crippen LogP contribution in [0.2, 0.25) is 0 Å². The van der Waals surface area contributed by atoms with Crippen molar-refractivity contribution in [3.8, 4) is 0 Å². The molecule has 82 valence electrons. The van der Waals surface area contributed by atoms with Crippen LogP contribution in [0.3, 0.4) is 0 Å². The van der Waals surface area contributed by atoms with E-state index in [-0.39, 0.29) is 6.42 Å². The molecule has 1 N–H and O–H groups in total. The fourth-order valence-corrected chi connectivity index (χ4v) is 2.02. The molecular formula is C10H19NO3. The van der Waals surface area contributed by atoms with Crippen LogP contribution in [0.5, 0.6) is 0 Å². The first-order chi connectivity index (χ1) is 6.74. The fraction of sp³-hybridized carbons (Fsp3) is 0.900. The molecule has 0 aliphatic carbocycles. The molecule has 1 aliphatic rings. The van der Waals surface area contributed by atoms with Crippen LogP contribution in [0.25, 0.3) is 0 Å². The quantitative estimate of drug-likeness (QED) is 0.695. The molecule has 4 heteroatoms. The van der Waals surface area contributed by atoms with Crippen LogP contribution in [-0.4, -0.2) is 48.8 Å². The third-order valence-electron chi connectivity index (χ3n) is 2.77. The molecule has 0 saturated carbocycles. The summed E-state index contributed by atoms with van der Waals surface area (Å²) in [4.78, 5) is 12.8. The van der Waals surface area contributed by atoms with Gasteiger partial charge in [-0.2, -0.15) is 0 Å². The summed E-state index contributed by atoms with van der Waals surface area (Å²) in [7, 11) is 1.70. The Hall–Kier alpha value is -0.610. The third-order valence-corrected chi connectivity index (χ3v) is 2.77. The predicted molar refractivity (Wildman–Crippen MR) is 53.3 cm³/mol. The number of methoxy groups -OCH3 is 1. The Bertz CT molecular complexity index is 184. The van der Waals surface area contributed by atoms with E-state index in [9.17, 15) is 4.79 Å². The zero-order valence-corrected chi connectivity index (χ0v) is 8.74. The molecule has 1 unspecified atom stereocenters. The Labute approximate surface area is 84.8 Å². The lowest BCUT2D eigenvalue weighted by molar-refractivity contribution is -0.137. The van der Waals surface area contributed by atoms with E-state index in [0.29, 0.717) is 6.04 Å². The van der Waals surface area contributed by atoms with Gasteiger partial charge in [0.25, 0.3) is 0 Å². The molecule has 1 heterocycles. The number of carbonyl (C=O) groups is 1. The highest BCUT2D eigenvalue weighted by Crippen LogP contribution is 2.20. The van der Waals surface area contributed by atoms with Crippen LogP contribution in [0.15, 0.2) is 0 Å². The number of hydrogen-bond donors (Lipinski definition) is 1. The maximum atomic E-state index is 10.4. The van der Waals surface area contributed by atoms with Crippen LogP contribution >= 0.6 is 0 Å². The summed E-state index contributed by atoms with van der Waals surface area (Å²) in [5.74, 6) is -0.691. The van der Waals surface area contributed by atoms with E-state index in [4.69, 9.17) is 9.84 Å². The summed E-state index contributed by atoms with van der Waals surface area (Å²) in [6, 6.07) is 0.459. The van der Waals surface area contributed by atoms with E-state index in [1.807, 2.05) is 0 Å². The van der Waals surface area contributed by atoms with Crippen molar-refractivity contribution in [1.29, 1.82) is 0 Å². The summed E-state index contributed by atoms with van der Waals surface area (Å²) >= 11 is 0. The summed E-state index contributed by atoms with van der Waals surface area (Å²) in [6.07, 6.45) is 3.39. The zero-order chi connectivity index (χ0) is 10.4. The number of likely N-dealkylation sites (tertiary alicyclic amines) is 1. The highest BCUT2D eigenvalue weighted by atomic mass is 16.5. The molecule has 4 nitrogen and oxygen atoms in total.